The number of morpholine rings is 1. The van der Waals surface area contributed by atoms with Crippen LogP contribution in [-0.4, -0.2) is 54.6 Å². The normalized spacial score (nSPS) is 25.4. The standard InChI is InChI=1S/C16H25NO3/c1-12-4-6-16(7-5-12)19-11-15(18)10-17-8-13(2)20-14(3)9-17/h4-7,13-15,18H,8-11H2,1-3H3/t13-,14-,15+/m0/s1. The molecule has 4 nitrogen and oxygen atoms in total. The van der Waals surface area contributed by atoms with Gasteiger partial charge in [-0.1, -0.05) is 17.7 Å². The highest BCUT2D eigenvalue weighted by molar-refractivity contribution is 5.26. The van der Waals surface area contributed by atoms with Crippen molar-refractivity contribution in [1.82, 2.24) is 4.90 Å². The second-order valence-electron chi connectivity index (χ2n) is 5.75. The van der Waals surface area contributed by atoms with Crippen LogP contribution in [0.2, 0.25) is 0 Å². The van der Waals surface area contributed by atoms with Gasteiger partial charge in [-0.25, -0.2) is 0 Å². The molecule has 1 saturated heterocycles. The first kappa shape index (κ1) is 15.3. The van der Waals surface area contributed by atoms with E-state index in [2.05, 4.69) is 18.7 Å². The highest BCUT2D eigenvalue weighted by atomic mass is 16.5. The van der Waals surface area contributed by atoms with Crippen LogP contribution in [0.15, 0.2) is 24.3 Å². The van der Waals surface area contributed by atoms with Gasteiger partial charge in [0.1, 0.15) is 18.5 Å². The highest BCUT2D eigenvalue weighted by Crippen LogP contribution is 2.13. The minimum absolute atomic E-state index is 0.226. The van der Waals surface area contributed by atoms with Crippen molar-refractivity contribution < 1.29 is 14.6 Å². The molecule has 0 spiro atoms. The van der Waals surface area contributed by atoms with Crippen LogP contribution >= 0.6 is 0 Å². The number of hydrogen-bond acceptors (Lipinski definition) is 4. The lowest BCUT2D eigenvalue weighted by molar-refractivity contribution is -0.0786. The Hall–Kier alpha value is -1.10. The number of nitrogens with zero attached hydrogens (tertiary/aromatic N) is 1. The van der Waals surface area contributed by atoms with Crippen LogP contribution in [0.3, 0.4) is 0 Å². The molecule has 0 amide bonds. The number of ether oxygens (including phenoxy) is 2. The molecule has 0 aromatic heterocycles. The Labute approximate surface area is 121 Å². The molecule has 112 valence electrons. The molecule has 1 aliphatic rings. The second-order valence-corrected chi connectivity index (χ2v) is 5.75. The predicted octanol–water partition coefficient (Wildman–Crippen LogP) is 1.84. The van der Waals surface area contributed by atoms with Crippen LogP contribution in [0.1, 0.15) is 19.4 Å². The van der Waals surface area contributed by atoms with Gasteiger partial charge < -0.3 is 14.6 Å². The molecule has 0 aliphatic carbocycles. The van der Waals surface area contributed by atoms with Gasteiger partial charge in [-0.3, -0.25) is 4.90 Å². The molecular weight excluding hydrogens is 254 g/mol. The third-order valence-electron chi connectivity index (χ3n) is 3.43. The highest BCUT2D eigenvalue weighted by Gasteiger charge is 2.23. The van der Waals surface area contributed by atoms with Gasteiger partial charge in [0, 0.05) is 19.6 Å². The van der Waals surface area contributed by atoms with Crippen molar-refractivity contribution in [2.75, 3.05) is 26.2 Å². The van der Waals surface area contributed by atoms with E-state index >= 15 is 0 Å². The summed E-state index contributed by atoms with van der Waals surface area (Å²) in [5, 5.41) is 10.1. The summed E-state index contributed by atoms with van der Waals surface area (Å²) in [5.41, 5.74) is 1.20. The Morgan fingerprint density at radius 1 is 1.25 bits per heavy atom. The summed E-state index contributed by atoms with van der Waals surface area (Å²) in [6.45, 7) is 8.86. The number of rotatable bonds is 5. The Kier molecular flexibility index (Phi) is 5.40. The molecule has 1 aromatic carbocycles. The third-order valence-corrected chi connectivity index (χ3v) is 3.43. The Bertz CT molecular complexity index is 397. The van der Waals surface area contributed by atoms with Crippen LogP contribution in [-0.2, 0) is 4.74 Å². The fraction of sp³-hybridized carbons (Fsp3) is 0.625. The minimum Gasteiger partial charge on any atom is -0.491 e. The van der Waals surface area contributed by atoms with Gasteiger partial charge in [0.2, 0.25) is 0 Å². The Morgan fingerprint density at radius 2 is 1.85 bits per heavy atom. The fourth-order valence-electron chi connectivity index (χ4n) is 2.61. The van der Waals surface area contributed by atoms with E-state index in [1.54, 1.807) is 0 Å². The number of hydrogen-bond donors (Lipinski definition) is 1. The maximum Gasteiger partial charge on any atom is 0.119 e. The van der Waals surface area contributed by atoms with E-state index in [0.29, 0.717) is 13.2 Å². The van der Waals surface area contributed by atoms with E-state index in [9.17, 15) is 5.11 Å². The molecule has 0 bridgehead atoms. The van der Waals surface area contributed by atoms with E-state index in [-0.39, 0.29) is 12.2 Å². The summed E-state index contributed by atoms with van der Waals surface area (Å²) >= 11 is 0. The number of aliphatic hydroxyl groups excluding tert-OH is 1. The van der Waals surface area contributed by atoms with Gasteiger partial charge in [0.25, 0.3) is 0 Å². The predicted molar refractivity (Wildman–Crippen MR) is 79.1 cm³/mol. The summed E-state index contributed by atoms with van der Waals surface area (Å²) in [7, 11) is 0. The summed E-state index contributed by atoms with van der Waals surface area (Å²) in [6, 6.07) is 7.88. The lowest BCUT2D eigenvalue weighted by Gasteiger charge is -2.36. The molecule has 1 fully saturated rings. The summed E-state index contributed by atoms with van der Waals surface area (Å²) in [6.07, 6.45) is -0.0262. The van der Waals surface area contributed by atoms with Crippen LogP contribution < -0.4 is 4.74 Å². The summed E-state index contributed by atoms with van der Waals surface area (Å²) in [5.74, 6) is 0.804. The average Bonchev–Trinajstić information content (AvgIpc) is 2.37. The van der Waals surface area contributed by atoms with Crippen LogP contribution in [0, 0.1) is 6.92 Å². The molecule has 4 heteroatoms. The average molecular weight is 279 g/mol. The summed E-state index contributed by atoms with van der Waals surface area (Å²) in [4.78, 5) is 2.24. The zero-order valence-electron chi connectivity index (χ0n) is 12.6. The molecule has 1 aromatic rings. The van der Waals surface area contributed by atoms with E-state index in [4.69, 9.17) is 9.47 Å². The Morgan fingerprint density at radius 3 is 2.45 bits per heavy atom. The molecule has 1 aliphatic heterocycles. The summed E-state index contributed by atoms with van der Waals surface area (Å²) < 4.78 is 11.3. The topological polar surface area (TPSA) is 41.9 Å². The van der Waals surface area contributed by atoms with Gasteiger partial charge in [0.15, 0.2) is 0 Å². The van der Waals surface area contributed by atoms with E-state index in [1.165, 1.54) is 5.56 Å². The molecule has 20 heavy (non-hydrogen) atoms. The lowest BCUT2D eigenvalue weighted by Crippen LogP contribution is -2.48. The van der Waals surface area contributed by atoms with Crippen LogP contribution in [0.25, 0.3) is 0 Å². The fourth-order valence-corrected chi connectivity index (χ4v) is 2.61. The van der Waals surface area contributed by atoms with Crippen molar-refractivity contribution >= 4 is 0 Å². The monoisotopic (exact) mass is 279 g/mol. The Balaban J connectivity index is 1.74. The first-order valence-electron chi connectivity index (χ1n) is 7.28. The molecule has 2 rings (SSSR count). The van der Waals surface area contributed by atoms with Crippen molar-refractivity contribution in [1.29, 1.82) is 0 Å². The third kappa shape index (κ3) is 4.78. The number of benzene rings is 1. The van der Waals surface area contributed by atoms with Gasteiger partial charge in [-0.15, -0.1) is 0 Å². The molecule has 1 N–H and O–H groups in total. The van der Waals surface area contributed by atoms with Crippen molar-refractivity contribution in [3.8, 4) is 5.75 Å². The molecule has 3 atom stereocenters. The number of aliphatic hydroxyl groups is 1. The van der Waals surface area contributed by atoms with Gasteiger partial charge >= 0.3 is 0 Å². The van der Waals surface area contributed by atoms with Crippen molar-refractivity contribution in [3.63, 3.8) is 0 Å². The van der Waals surface area contributed by atoms with Gasteiger partial charge in [0.05, 0.1) is 12.2 Å². The van der Waals surface area contributed by atoms with E-state index in [1.807, 2.05) is 31.2 Å². The zero-order valence-corrected chi connectivity index (χ0v) is 12.6. The van der Waals surface area contributed by atoms with Crippen LogP contribution in [0.5, 0.6) is 5.75 Å². The van der Waals surface area contributed by atoms with Gasteiger partial charge in [-0.2, -0.15) is 0 Å². The molecule has 0 unspecified atom stereocenters. The molecule has 0 radical (unpaired) electrons. The van der Waals surface area contributed by atoms with Crippen molar-refractivity contribution in [2.45, 2.75) is 39.1 Å². The smallest absolute Gasteiger partial charge is 0.119 e. The first-order valence-corrected chi connectivity index (χ1v) is 7.28. The molecular formula is C16H25NO3. The molecule has 1 heterocycles. The lowest BCUT2D eigenvalue weighted by atomic mass is 10.2. The van der Waals surface area contributed by atoms with E-state index in [0.717, 1.165) is 18.8 Å². The minimum atomic E-state index is -0.478. The SMILES string of the molecule is Cc1ccc(OC[C@H](O)CN2C[C@H](C)O[C@@H](C)C2)cc1. The zero-order chi connectivity index (χ0) is 14.5. The molecule has 0 saturated carbocycles. The van der Waals surface area contributed by atoms with Crippen molar-refractivity contribution in [2.24, 2.45) is 0 Å². The maximum atomic E-state index is 10.1. The van der Waals surface area contributed by atoms with E-state index < -0.39 is 6.10 Å². The maximum absolute atomic E-state index is 10.1. The van der Waals surface area contributed by atoms with Gasteiger partial charge in [-0.05, 0) is 32.9 Å². The largest absolute Gasteiger partial charge is 0.491 e. The second kappa shape index (κ2) is 7.07. The quantitative estimate of drug-likeness (QED) is 0.893. The number of aryl methyl sites for hydroxylation is 1. The van der Waals surface area contributed by atoms with Crippen molar-refractivity contribution in [3.05, 3.63) is 29.8 Å². The first-order chi connectivity index (χ1) is 9.52. The number of β-amino-alcohol motifs (C(OH)–C–C–N with tert-alkyl or cyclic N) is 1. The van der Waals surface area contributed by atoms with Crippen LogP contribution in [0.4, 0.5) is 0 Å².